The number of methoxy groups -OCH3 is 1. The van der Waals surface area contributed by atoms with Gasteiger partial charge in [-0.2, -0.15) is 0 Å². The van der Waals surface area contributed by atoms with Gasteiger partial charge in [-0.3, -0.25) is 14.4 Å². The number of aromatic nitrogens is 1. The largest absolute Gasteiger partial charge is 0.487 e. The van der Waals surface area contributed by atoms with Crippen molar-refractivity contribution >= 4 is 69.3 Å². The van der Waals surface area contributed by atoms with Gasteiger partial charge in [-0.25, -0.2) is 4.98 Å². The van der Waals surface area contributed by atoms with E-state index >= 15 is 0 Å². The van der Waals surface area contributed by atoms with Gasteiger partial charge in [0.25, 0.3) is 0 Å². The Balaban J connectivity index is 1.36. The molecular formula is C34H34Cl2N4O5. The Morgan fingerprint density at radius 2 is 1.76 bits per heavy atom. The molecule has 4 aromatic rings. The minimum Gasteiger partial charge on any atom is -0.487 e. The van der Waals surface area contributed by atoms with Crippen LogP contribution in [0, 0.1) is 6.92 Å². The number of carbonyl (C=O) groups excluding carboxylic acids is 3. The number of anilines is 2. The number of fused-ring (bicyclic) bond motifs is 1. The standard InChI is InChI=1S/C34H34Cl2N4O5/c1-22-8-12-25-6-5-7-30(34(25)38-22)45-21-27-28(35)15-16-29(33(27)36)39(3)32(43)20-37-31(42)17-11-24-9-13-26(14-10-24)40(23(2)41)18-19-44-4/h5-17H,18-21H2,1-4H3,(H,37,42)/b17-11+. The molecule has 4 rings (SSSR count). The molecule has 0 bridgehead atoms. The van der Waals surface area contributed by atoms with Crippen LogP contribution in [0.2, 0.25) is 10.0 Å². The molecule has 11 heteroatoms. The molecule has 1 aromatic heterocycles. The quantitative estimate of drug-likeness (QED) is 0.183. The van der Waals surface area contributed by atoms with Crippen LogP contribution in [0.3, 0.4) is 0 Å². The number of nitrogens with zero attached hydrogens (tertiary/aromatic N) is 3. The number of para-hydroxylation sites is 1. The van der Waals surface area contributed by atoms with Gasteiger partial charge >= 0.3 is 0 Å². The van der Waals surface area contributed by atoms with E-state index in [1.54, 1.807) is 61.5 Å². The summed E-state index contributed by atoms with van der Waals surface area (Å²) in [7, 11) is 3.15. The Labute approximate surface area is 272 Å². The molecule has 0 atom stereocenters. The first-order valence-electron chi connectivity index (χ1n) is 14.1. The van der Waals surface area contributed by atoms with Crippen LogP contribution >= 0.6 is 23.2 Å². The highest BCUT2D eigenvalue weighted by atomic mass is 35.5. The molecule has 1 heterocycles. The highest BCUT2D eigenvalue weighted by molar-refractivity contribution is 6.38. The molecule has 0 fully saturated rings. The molecule has 3 aromatic carbocycles. The lowest BCUT2D eigenvalue weighted by Gasteiger charge is -2.21. The summed E-state index contributed by atoms with van der Waals surface area (Å²) in [6, 6.07) is 20.0. The summed E-state index contributed by atoms with van der Waals surface area (Å²) in [6.07, 6.45) is 2.96. The van der Waals surface area contributed by atoms with Crippen molar-refractivity contribution in [2.24, 2.45) is 0 Å². The van der Waals surface area contributed by atoms with Crippen LogP contribution in [-0.2, 0) is 25.7 Å². The minimum absolute atomic E-state index is 0.0602. The third kappa shape index (κ3) is 8.60. The number of likely N-dealkylation sites (N-methyl/N-ethyl adjacent to an activating group) is 1. The van der Waals surface area contributed by atoms with E-state index in [0.717, 1.165) is 27.8 Å². The van der Waals surface area contributed by atoms with Crippen molar-refractivity contribution in [3.05, 3.63) is 99.7 Å². The maximum atomic E-state index is 13.0. The van der Waals surface area contributed by atoms with Crippen LogP contribution in [-0.4, -0.2) is 56.6 Å². The third-order valence-electron chi connectivity index (χ3n) is 7.04. The molecule has 0 aliphatic heterocycles. The lowest BCUT2D eigenvalue weighted by Crippen LogP contribution is -2.37. The van der Waals surface area contributed by atoms with E-state index in [9.17, 15) is 14.4 Å². The van der Waals surface area contributed by atoms with Crippen LogP contribution in [0.1, 0.15) is 23.7 Å². The minimum atomic E-state index is -0.443. The first-order chi connectivity index (χ1) is 21.6. The number of nitrogens with one attached hydrogen (secondary N) is 1. The van der Waals surface area contributed by atoms with Gasteiger partial charge in [0, 0.05) is 61.1 Å². The Hall–Kier alpha value is -4.44. The SMILES string of the molecule is COCCN(C(C)=O)c1ccc(/C=C/C(=O)NCC(=O)N(C)c2ccc(Cl)c(COc3cccc4ccc(C)nc34)c2Cl)cc1. The van der Waals surface area contributed by atoms with Crippen LogP contribution in [0.25, 0.3) is 17.0 Å². The number of hydrogen-bond acceptors (Lipinski definition) is 6. The Morgan fingerprint density at radius 3 is 2.47 bits per heavy atom. The molecule has 0 saturated carbocycles. The summed E-state index contributed by atoms with van der Waals surface area (Å²) in [5.41, 5.74) is 4.02. The number of hydrogen-bond donors (Lipinski definition) is 1. The number of aryl methyl sites for hydroxylation is 1. The number of rotatable bonds is 12. The second-order valence-corrected chi connectivity index (χ2v) is 11.0. The van der Waals surface area contributed by atoms with Gasteiger partial charge in [0.2, 0.25) is 17.7 Å². The maximum absolute atomic E-state index is 13.0. The van der Waals surface area contributed by atoms with Gasteiger partial charge in [-0.05, 0) is 55.0 Å². The molecule has 0 saturated heterocycles. The van der Waals surface area contributed by atoms with Gasteiger partial charge in [0.05, 0.1) is 23.9 Å². The fraction of sp³-hybridized carbons (Fsp3) is 0.235. The average Bonchev–Trinajstić information content (AvgIpc) is 3.03. The Morgan fingerprint density at radius 1 is 1.00 bits per heavy atom. The molecule has 0 unspecified atom stereocenters. The second-order valence-electron chi connectivity index (χ2n) is 10.2. The summed E-state index contributed by atoms with van der Waals surface area (Å²) < 4.78 is 11.2. The topological polar surface area (TPSA) is 101 Å². The molecule has 0 spiro atoms. The number of carbonyl (C=O) groups is 3. The van der Waals surface area contributed by atoms with Crippen LogP contribution in [0.4, 0.5) is 11.4 Å². The summed E-state index contributed by atoms with van der Waals surface area (Å²) in [4.78, 5) is 44.9. The van der Waals surface area contributed by atoms with Gasteiger partial charge in [0.1, 0.15) is 17.9 Å². The van der Waals surface area contributed by atoms with Crippen LogP contribution in [0.5, 0.6) is 5.75 Å². The fourth-order valence-electron chi connectivity index (χ4n) is 4.52. The van der Waals surface area contributed by atoms with Gasteiger partial charge in [-0.15, -0.1) is 0 Å². The number of amides is 3. The molecule has 45 heavy (non-hydrogen) atoms. The van der Waals surface area contributed by atoms with E-state index in [2.05, 4.69) is 10.3 Å². The predicted molar refractivity (Wildman–Crippen MR) is 179 cm³/mol. The Kier molecular flexibility index (Phi) is 11.5. The summed E-state index contributed by atoms with van der Waals surface area (Å²) in [6.45, 7) is 4.06. The monoisotopic (exact) mass is 648 g/mol. The van der Waals surface area contributed by atoms with E-state index < -0.39 is 5.91 Å². The smallest absolute Gasteiger partial charge is 0.246 e. The van der Waals surface area contributed by atoms with Crippen LogP contribution in [0.15, 0.2) is 72.8 Å². The first kappa shape index (κ1) is 33.5. The van der Waals surface area contributed by atoms with Gasteiger partial charge in [0.15, 0.2) is 0 Å². The van der Waals surface area contributed by atoms with E-state index in [1.807, 2.05) is 37.3 Å². The highest BCUT2D eigenvalue weighted by Gasteiger charge is 2.19. The third-order valence-corrected chi connectivity index (χ3v) is 7.82. The average molecular weight is 650 g/mol. The van der Waals surface area contributed by atoms with Gasteiger partial charge in [-0.1, -0.05) is 53.5 Å². The van der Waals surface area contributed by atoms with E-state index in [0.29, 0.717) is 35.2 Å². The zero-order valence-electron chi connectivity index (χ0n) is 25.5. The summed E-state index contributed by atoms with van der Waals surface area (Å²) in [5, 5.41) is 4.20. The lowest BCUT2D eigenvalue weighted by molar-refractivity contribution is -0.122. The van der Waals surface area contributed by atoms with Crippen molar-refractivity contribution in [3.8, 4) is 5.75 Å². The number of pyridine rings is 1. The fourth-order valence-corrected chi connectivity index (χ4v) is 5.13. The zero-order chi connectivity index (χ0) is 32.5. The van der Waals surface area contributed by atoms with E-state index in [4.69, 9.17) is 32.7 Å². The first-order valence-corrected chi connectivity index (χ1v) is 14.9. The molecule has 3 amide bonds. The van der Waals surface area contributed by atoms with Crippen molar-refractivity contribution in [1.82, 2.24) is 10.3 Å². The predicted octanol–water partition coefficient (Wildman–Crippen LogP) is 6.22. The molecule has 0 aliphatic carbocycles. The second kappa shape index (κ2) is 15.5. The zero-order valence-corrected chi connectivity index (χ0v) is 27.0. The molecule has 1 N–H and O–H groups in total. The highest BCUT2D eigenvalue weighted by Crippen LogP contribution is 2.35. The lowest BCUT2D eigenvalue weighted by atomic mass is 10.1. The number of halogens is 2. The van der Waals surface area contributed by atoms with E-state index in [-0.39, 0.29) is 30.0 Å². The normalized spacial score (nSPS) is 11.1. The Bertz CT molecular complexity index is 1730. The molecule has 0 radical (unpaired) electrons. The van der Waals surface area contributed by atoms with Crippen molar-refractivity contribution in [2.45, 2.75) is 20.5 Å². The van der Waals surface area contributed by atoms with Crippen molar-refractivity contribution in [2.75, 3.05) is 43.7 Å². The number of ether oxygens (including phenoxy) is 2. The molecular weight excluding hydrogens is 615 g/mol. The maximum Gasteiger partial charge on any atom is 0.246 e. The van der Waals surface area contributed by atoms with Crippen LogP contribution < -0.4 is 19.9 Å². The summed E-state index contributed by atoms with van der Waals surface area (Å²) >= 11 is 13.2. The van der Waals surface area contributed by atoms with E-state index in [1.165, 1.54) is 17.9 Å². The van der Waals surface area contributed by atoms with Crippen molar-refractivity contribution in [1.29, 1.82) is 0 Å². The van der Waals surface area contributed by atoms with Crippen molar-refractivity contribution < 1.29 is 23.9 Å². The molecule has 0 aliphatic rings. The van der Waals surface area contributed by atoms with Crippen molar-refractivity contribution in [3.63, 3.8) is 0 Å². The van der Waals surface area contributed by atoms with Gasteiger partial charge < -0.3 is 24.6 Å². The molecule has 9 nitrogen and oxygen atoms in total. The summed E-state index contributed by atoms with van der Waals surface area (Å²) in [5.74, 6) is -0.333. The number of benzene rings is 3. The molecule has 234 valence electrons.